The zero-order valence-electron chi connectivity index (χ0n) is 14.8. The maximum Gasteiger partial charge on any atom is 0.416 e. The first-order valence-corrected chi connectivity index (χ1v) is 8.08. The Morgan fingerprint density at radius 1 is 1.04 bits per heavy atom. The lowest BCUT2D eigenvalue weighted by atomic mass is 10.1. The molecule has 0 aliphatic heterocycles. The van der Waals surface area contributed by atoms with Crippen molar-refractivity contribution < 1.29 is 31.8 Å². The third-order valence-corrected chi connectivity index (χ3v) is 3.94. The van der Waals surface area contributed by atoms with Gasteiger partial charge in [-0.3, -0.25) is 4.79 Å². The van der Waals surface area contributed by atoms with Crippen molar-refractivity contribution in [3.05, 3.63) is 58.9 Å². The molecule has 0 aliphatic carbocycles. The predicted molar refractivity (Wildman–Crippen MR) is 91.1 cm³/mol. The predicted octanol–water partition coefficient (Wildman–Crippen LogP) is 4.11. The molecule has 146 valence electrons. The number of hydrogen-bond donors (Lipinski definition) is 1. The SMILES string of the molecule is COc1ccc(CCC(=O)NCc2ccc(F)cc2C(F)(F)F)cc1OC. The van der Waals surface area contributed by atoms with Gasteiger partial charge in [0.15, 0.2) is 11.5 Å². The van der Waals surface area contributed by atoms with Gasteiger partial charge >= 0.3 is 6.18 Å². The first-order chi connectivity index (χ1) is 12.7. The number of hydrogen-bond acceptors (Lipinski definition) is 3. The summed E-state index contributed by atoms with van der Waals surface area (Å²) >= 11 is 0. The van der Waals surface area contributed by atoms with Crippen LogP contribution in [0.1, 0.15) is 23.1 Å². The molecule has 0 atom stereocenters. The number of rotatable bonds is 7. The molecule has 2 aromatic carbocycles. The summed E-state index contributed by atoms with van der Waals surface area (Å²) < 4.78 is 62.3. The highest BCUT2D eigenvalue weighted by atomic mass is 19.4. The molecule has 0 spiro atoms. The Kier molecular flexibility index (Phi) is 6.65. The number of ether oxygens (including phenoxy) is 2. The average molecular weight is 385 g/mol. The molecule has 0 aromatic heterocycles. The molecular weight excluding hydrogens is 366 g/mol. The van der Waals surface area contributed by atoms with Crippen molar-refractivity contribution >= 4 is 5.91 Å². The second-order valence-electron chi connectivity index (χ2n) is 5.77. The highest BCUT2D eigenvalue weighted by Gasteiger charge is 2.33. The summed E-state index contributed by atoms with van der Waals surface area (Å²) in [6, 6.07) is 7.59. The number of carbonyl (C=O) groups is 1. The minimum Gasteiger partial charge on any atom is -0.493 e. The van der Waals surface area contributed by atoms with E-state index in [0.29, 0.717) is 24.0 Å². The van der Waals surface area contributed by atoms with Crippen LogP contribution in [0.2, 0.25) is 0 Å². The van der Waals surface area contributed by atoms with E-state index < -0.39 is 23.5 Å². The van der Waals surface area contributed by atoms with E-state index in [0.717, 1.165) is 17.7 Å². The second-order valence-corrected chi connectivity index (χ2v) is 5.77. The highest BCUT2D eigenvalue weighted by Crippen LogP contribution is 2.32. The van der Waals surface area contributed by atoms with Gasteiger partial charge in [0.2, 0.25) is 5.91 Å². The molecular formula is C19H19F4NO3. The van der Waals surface area contributed by atoms with Crippen molar-refractivity contribution in [1.82, 2.24) is 5.32 Å². The van der Waals surface area contributed by atoms with Gasteiger partial charge in [0.25, 0.3) is 0 Å². The summed E-state index contributed by atoms with van der Waals surface area (Å²) in [6.45, 7) is -0.333. The standard InChI is InChI=1S/C19H19F4NO3/c1-26-16-7-3-12(9-17(16)27-2)4-8-18(25)24-11-13-5-6-14(20)10-15(13)19(21,22)23/h3,5-7,9-10H,4,8,11H2,1-2H3,(H,24,25). The molecule has 27 heavy (non-hydrogen) atoms. The van der Waals surface area contributed by atoms with E-state index in [1.54, 1.807) is 18.2 Å². The quantitative estimate of drug-likeness (QED) is 0.730. The van der Waals surface area contributed by atoms with Gasteiger partial charge in [-0.2, -0.15) is 13.2 Å². The van der Waals surface area contributed by atoms with Crippen LogP contribution >= 0.6 is 0 Å². The van der Waals surface area contributed by atoms with Crippen LogP contribution in [-0.2, 0) is 23.9 Å². The minimum atomic E-state index is -4.69. The molecule has 4 nitrogen and oxygen atoms in total. The number of amides is 1. The molecule has 0 unspecified atom stereocenters. The molecule has 0 fully saturated rings. The van der Waals surface area contributed by atoms with Gasteiger partial charge in [-0.15, -0.1) is 0 Å². The molecule has 0 bridgehead atoms. The van der Waals surface area contributed by atoms with Crippen LogP contribution in [-0.4, -0.2) is 20.1 Å². The fraction of sp³-hybridized carbons (Fsp3) is 0.316. The van der Waals surface area contributed by atoms with Crippen LogP contribution in [0, 0.1) is 5.82 Å². The lowest BCUT2D eigenvalue weighted by Crippen LogP contribution is -2.24. The number of methoxy groups -OCH3 is 2. The van der Waals surface area contributed by atoms with Crippen LogP contribution in [0.3, 0.4) is 0 Å². The Balaban J connectivity index is 1.96. The van der Waals surface area contributed by atoms with E-state index in [1.165, 1.54) is 14.2 Å². The Bertz CT molecular complexity index is 806. The van der Waals surface area contributed by atoms with E-state index in [2.05, 4.69) is 5.32 Å². The molecule has 0 aliphatic rings. The molecule has 0 saturated carbocycles. The van der Waals surface area contributed by atoms with E-state index >= 15 is 0 Å². The van der Waals surface area contributed by atoms with Crippen LogP contribution in [0.4, 0.5) is 17.6 Å². The lowest BCUT2D eigenvalue weighted by molar-refractivity contribution is -0.138. The van der Waals surface area contributed by atoms with Gasteiger partial charge in [0, 0.05) is 13.0 Å². The van der Waals surface area contributed by atoms with E-state index in [1.807, 2.05) is 0 Å². The number of aryl methyl sites for hydroxylation is 1. The lowest BCUT2D eigenvalue weighted by Gasteiger charge is -2.14. The van der Waals surface area contributed by atoms with E-state index in [-0.39, 0.29) is 18.5 Å². The molecule has 1 amide bonds. The zero-order chi connectivity index (χ0) is 20.0. The van der Waals surface area contributed by atoms with Crippen LogP contribution in [0.25, 0.3) is 0 Å². The summed E-state index contributed by atoms with van der Waals surface area (Å²) in [7, 11) is 3.00. The molecule has 0 saturated heterocycles. The number of benzene rings is 2. The topological polar surface area (TPSA) is 47.6 Å². The monoisotopic (exact) mass is 385 g/mol. The second kappa shape index (κ2) is 8.75. The molecule has 0 heterocycles. The molecule has 0 radical (unpaired) electrons. The summed E-state index contributed by atoms with van der Waals surface area (Å²) in [5.41, 5.74) is -0.466. The Labute approximate surface area is 154 Å². The Morgan fingerprint density at radius 3 is 2.37 bits per heavy atom. The Morgan fingerprint density at radius 2 is 1.74 bits per heavy atom. The first-order valence-electron chi connectivity index (χ1n) is 8.08. The fourth-order valence-corrected chi connectivity index (χ4v) is 2.54. The molecule has 1 N–H and O–H groups in total. The Hall–Kier alpha value is -2.77. The van der Waals surface area contributed by atoms with Gasteiger partial charge in [0.1, 0.15) is 5.82 Å². The van der Waals surface area contributed by atoms with Crippen LogP contribution < -0.4 is 14.8 Å². The van der Waals surface area contributed by atoms with Crippen molar-refractivity contribution in [2.45, 2.75) is 25.6 Å². The van der Waals surface area contributed by atoms with E-state index in [9.17, 15) is 22.4 Å². The zero-order valence-corrected chi connectivity index (χ0v) is 14.8. The molecule has 8 heteroatoms. The van der Waals surface area contributed by atoms with Gasteiger partial charge in [0.05, 0.1) is 19.8 Å². The van der Waals surface area contributed by atoms with Gasteiger partial charge in [-0.25, -0.2) is 4.39 Å². The van der Waals surface area contributed by atoms with Crippen molar-refractivity contribution in [2.24, 2.45) is 0 Å². The van der Waals surface area contributed by atoms with Crippen molar-refractivity contribution in [3.63, 3.8) is 0 Å². The van der Waals surface area contributed by atoms with Crippen molar-refractivity contribution in [3.8, 4) is 11.5 Å². The smallest absolute Gasteiger partial charge is 0.416 e. The number of carbonyl (C=O) groups excluding carboxylic acids is 1. The van der Waals surface area contributed by atoms with Crippen LogP contribution in [0.5, 0.6) is 11.5 Å². The number of nitrogens with one attached hydrogen (secondary N) is 1. The maximum absolute atomic E-state index is 13.1. The summed E-state index contributed by atoms with van der Waals surface area (Å²) in [6.07, 6.45) is -4.23. The van der Waals surface area contributed by atoms with Gasteiger partial charge in [-0.05, 0) is 41.8 Å². The van der Waals surface area contributed by atoms with Crippen molar-refractivity contribution in [1.29, 1.82) is 0 Å². The normalized spacial score (nSPS) is 11.2. The third kappa shape index (κ3) is 5.60. The number of alkyl halides is 3. The number of halogens is 4. The average Bonchev–Trinajstić information content (AvgIpc) is 2.64. The van der Waals surface area contributed by atoms with E-state index in [4.69, 9.17) is 9.47 Å². The summed E-state index contributed by atoms with van der Waals surface area (Å²) in [5, 5.41) is 2.43. The first kappa shape index (κ1) is 20.5. The maximum atomic E-state index is 13.1. The summed E-state index contributed by atoms with van der Waals surface area (Å²) in [4.78, 5) is 12.0. The minimum absolute atomic E-state index is 0.0814. The van der Waals surface area contributed by atoms with Crippen LogP contribution in [0.15, 0.2) is 36.4 Å². The summed E-state index contributed by atoms with van der Waals surface area (Å²) in [5.74, 6) is -0.314. The molecule has 2 aromatic rings. The van der Waals surface area contributed by atoms with Gasteiger partial charge in [-0.1, -0.05) is 12.1 Å². The van der Waals surface area contributed by atoms with Gasteiger partial charge < -0.3 is 14.8 Å². The fourth-order valence-electron chi connectivity index (χ4n) is 2.54. The third-order valence-electron chi connectivity index (χ3n) is 3.94. The van der Waals surface area contributed by atoms with Crippen molar-refractivity contribution in [2.75, 3.05) is 14.2 Å². The molecule has 2 rings (SSSR count). The highest BCUT2D eigenvalue weighted by molar-refractivity contribution is 5.76. The largest absolute Gasteiger partial charge is 0.493 e.